The van der Waals surface area contributed by atoms with Crippen molar-refractivity contribution in [3.63, 3.8) is 0 Å². The topological polar surface area (TPSA) is 80.3 Å². The first-order valence-corrected chi connectivity index (χ1v) is 26.4. The van der Waals surface area contributed by atoms with E-state index in [-0.39, 0.29) is 36.7 Å². The van der Waals surface area contributed by atoms with Gasteiger partial charge in [0.15, 0.2) is 0 Å². The van der Waals surface area contributed by atoms with Crippen molar-refractivity contribution in [1.29, 1.82) is 0 Å². The fraction of sp³-hybridized carbons (Fsp3) is 0.926. The third kappa shape index (κ3) is 85.7. The number of carboxylic acid groups (broad SMARTS) is 2. The Morgan fingerprint density at radius 2 is 0.407 bits per heavy atom. The predicted molar refractivity (Wildman–Crippen MR) is 262 cm³/mol. The van der Waals surface area contributed by atoms with Gasteiger partial charge in [0.05, 0.1) is 0 Å². The molecule has 0 heterocycles. The summed E-state index contributed by atoms with van der Waals surface area (Å²) in [6, 6.07) is 0. The Kier molecular flexibility index (Phi) is 79.8. The Morgan fingerprint density at radius 3 is 0.542 bits per heavy atom. The quantitative estimate of drug-likeness (QED) is 0.0450. The average molecular weight is 940 g/mol. The Balaban J connectivity index is -0.000000239. The van der Waals surface area contributed by atoms with Gasteiger partial charge in [0, 0.05) is 11.9 Å². The first-order chi connectivity index (χ1) is 28.4. The second kappa shape index (κ2) is 69.4. The van der Waals surface area contributed by atoms with Gasteiger partial charge in [-0.3, -0.25) is 0 Å². The van der Waals surface area contributed by atoms with Gasteiger partial charge in [-0.2, -0.15) is 0 Å². The van der Waals surface area contributed by atoms with Crippen LogP contribution >= 0.6 is 0 Å². The molecule has 0 spiro atoms. The summed E-state index contributed by atoms with van der Waals surface area (Å²) in [5.74, 6) is -1.80. The number of rotatable bonds is 44. The van der Waals surface area contributed by atoms with Gasteiger partial charge in [0.1, 0.15) is 0 Å². The van der Waals surface area contributed by atoms with E-state index in [2.05, 4.69) is 41.5 Å². The van der Waals surface area contributed by atoms with E-state index >= 15 is 0 Å². The molecule has 0 unspecified atom stereocenters. The summed E-state index contributed by atoms with van der Waals surface area (Å²) in [6.45, 7) is 16.6. The molecule has 352 valence electrons. The molecular weight excluding hydrogens is 831 g/mol. The summed E-state index contributed by atoms with van der Waals surface area (Å²) >= 11 is 0. The van der Waals surface area contributed by atoms with E-state index < -0.39 is 11.9 Å². The normalized spacial score (nSPS) is 10.4. The maximum Gasteiger partial charge on any atom is 2.00 e. The molecule has 0 saturated heterocycles. The van der Waals surface area contributed by atoms with Crippen molar-refractivity contribution in [2.45, 2.75) is 323 Å². The first kappa shape index (κ1) is 67.8. The zero-order valence-electron chi connectivity index (χ0n) is 41.1. The van der Waals surface area contributed by atoms with Gasteiger partial charge in [0.25, 0.3) is 0 Å². The molecular formula is C54H108O4Sn. The Hall–Kier alpha value is -0.261. The third-order valence-electron chi connectivity index (χ3n) is 11.2. The number of unbranched alkanes of at least 4 members (excludes halogenated alkanes) is 40. The molecule has 0 amide bonds. The van der Waals surface area contributed by atoms with Crippen molar-refractivity contribution in [3.8, 4) is 0 Å². The van der Waals surface area contributed by atoms with Crippen molar-refractivity contribution < 1.29 is 19.8 Å². The molecule has 0 aromatic carbocycles. The molecule has 0 bridgehead atoms. The monoisotopic (exact) mass is 941 g/mol. The van der Waals surface area contributed by atoms with Gasteiger partial charge < -0.3 is 19.8 Å². The van der Waals surface area contributed by atoms with Crippen LogP contribution in [0.25, 0.3) is 0 Å². The number of carboxylic acids is 2. The minimum absolute atomic E-state index is 0. The zero-order chi connectivity index (χ0) is 43.7. The molecule has 5 heteroatoms. The minimum Gasteiger partial charge on any atom is -0.550 e. The first-order valence-electron chi connectivity index (χ1n) is 26.4. The summed E-state index contributed by atoms with van der Waals surface area (Å²) in [4.78, 5) is 20.5. The van der Waals surface area contributed by atoms with Crippen LogP contribution in [0.3, 0.4) is 0 Å². The van der Waals surface area contributed by atoms with E-state index in [0.29, 0.717) is 0 Å². The van der Waals surface area contributed by atoms with Crippen molar-refractivity contribution in [2.24, 2.45) is 0 Å². The van der Waals surface area contributed by atoms with Crippen LogP contribution < -0.4 is 10.2 Å². The maximum absolute atomic E-state index is 10.2. The van der Waals surface area contributed by atoms with Crippen molar-refractivity contribution in [2.75, 3.05) is 0 Å². The van der Waals surface area contributed by atoms with E-state index in [0.717, 1.165) is 38.5 Å². The van der Waals surface area contributed by atoms with Crippen molar-refractivity contribution in [1.82, 2.24) is 0 Å². The van der Waals surface area contributed by atoms with Crippen molar-refractivity contribution in [3.05, 3.63) is 13.8 Å². The second-order valence-electron chi connectivity index (χ2n) is 17.4. The van der Waals surface area contributed by atoms with Gasteiger partial charge in [-0.15, -0.1) is 0 Å². The SMILES string of the molecule is CCCCCCCCCCCCCCCCCCC(=O)[O-].CCCCCCCCCCCCCCCCCCC(=O)[O-].[CH2]CCCCCCC.[CH2]CCCCCCC.[Sn+2]. The van der Waals surface area contributed by atoms with Crippen LogP contribution in [0.2, 0.25) is 0 Å². The third-order valence-corrected chi connectivity index (χ3v) is 11.2. The Morgan fingerprint density at radius 1 is 0.271 bits per heavy atom. The molecule has 4 nitrogen and oxygen atoms in total. The number of hydrogen-bond acceptors (Lipinski definition) is 4. The van der Waals surface area contributed by atoms with E-state index in [1.165, 1.54) is 244 Å². The molecule has 0 atom stereocenters. The maximum atomic E-state index is 10.2. The van der Waals surface area contributed by atoms with Gasteiger partial charge in [-0.25, -0.2) is 0 Å². The van der Waals surface area contributed by atoms with Crippen LogP contribution in [0, 0.1) is 13.8 Å². The number of hydrogen-bond donors (Lipinski definition) is 0. The summed E-state index contributed by atoms with van der Waals surface area (Å²) in [6.07, 6.45) is 58.6. The summed E-state index contributed by atoms with van der Waals surface area (Å²) in [7, 11) is 0. The molecule has 0 saturated carbocycles. The standard InChI is InChI=1S/2C19H38O2.2C8H17.Sn/c2*1-2-3-4-5-6-7-8-9-10-11-12-13-14-15-16-17-18-19(20)21;2*1-3-5-7-8-6-4-2;/h2*2-18H2,1H3,(H,20,21);2*1,3-8H2,2H3;/q;;;;+2/p-2. The van der Waals surface area contributed by atoms with Crippen LogP contribution in [0.1, 0.15) is 323 Å². The number of carbonyl (C=O) groups excluding carboxylic acids is 2. The molecule has 4 radical (unpaired) electrons. The molecule has 0 aromatic heterocycles. The molecule has 0 aliphatic rings. The number of carbonyl (C=O) groups is 2. The van der Waals surface area contributed by atoms with Gasteiger partial charge >= 0.3 is 23.9 Å². The van der Waals surface area contributed by atoms with Gasteiger partial charge in [0.2, 0.25) is 0 Å². The van der Waals surface area contributed by atoms with Crippen LogP contribution in [0.4, 0.5) is 0 Å². The fourth-order valence-electron chi connectivity index (χ4n) is 7.20. The van der Waals surface area contributed by atoms with Crippen molar-refractivity contribution >= 4 is 35.8 Å². The van der Waals surface area contributed by atoms with Crippen LogP contribution in [-0.2, 0) is 9.59 Å². The van der Waals surface area contributed by atoms with Gasteiger partial charge in [-0.05, 0) is 25.7 Å². The second-order valence-corrected chi connectivity index (χ2v) is 17.4. The summed E-state index contributed by atoms with van der Waals surface area (Å²) in [5.41, 5.74) is 0. The molecule has 0 aliphatic heterocycles. The van der Waals surface area contributed by atoms with Crippen LogP contribution in [0.15, 0.2) is 0 Å². The molecule has 59 heavy (non-hydrogen) atoms. The smallest absolute Gasteiger partial charge is 0.550 e. The fourth-order valence-corrected chi connectivity index (χ4v) is 7.20. The average Bonchev–Trinajstić information content (AvgIpc) is 3.21. The molecule has 0 rings (SSSR count). The van der Waals surface area contributed by atoms with Crippen LogP contribution in [0.5, 0.6) is 0 Å². The predicted octanol–water partition coefficient (Wildman–Crippen LogP) is 16.8. The summed E-state index contributed by atoms with van der Waals surface area (Å²) in [5, 5.41) is 20.5. The minimum atomic E-state index is -0.902. The van der Waals surface area contributed by atoms with Gasteiger partial charge in [-0.1, -0.05) is 311 Å². The Bertz CT molecular complexity index is 630. The molecule has 0 fully saturated rings. The molecule has 0 aromatic rings. The van der Waals surface area contributed by atoms with Crippen LogP contribution in [-0.4, -0.2) is 35.8 Å². The molecule has 0 aliphatic carbocycles. The van der Waals surface area contributed by atoms with E-state index in [4.69, 9.17) is 0 Å². The summed E-state index contributed by atoms with van der Waals surface area (Å²) < 4.78 is 0. The Labute approximate surface area is 390 Å². The van der Waals surface area contributed by atoms with E-state index in [1.807, 2.05) is 0 Å². The van der Waals surface area contributed by atoms with E-state index in [9.17, 15) is 19.8 Å². The number of aliphatic carboxylic acids is 2. The van der Waals surface area contributed by atoms with E-state index in [1.54, 1.807) is 0 Å². The largest absolute Gasteiger partial charge is 2.00 e. The zero-order valence-corrected chi connectivity index (χ0v) is 43.9. The molecule has 0 N–H and O–H groups in total.